The lowest BCUT2D eigenvalue weighted by atomic mass is 10.1. The largest absolute Gasteiger partial charge is 0.337 e. The quantitative estimate of drug-likeness (QED) is 0.399. The number of rotatable bonds is 3. The van der Waals surface area contributed by atoms with Gasteiger partial charge in [0.15, 0.2) is 5.82 Å². The molecule has 0 aliphatic carbocycles. The lowest BCUT2D eigenvalue weighted by Crippen LogP contribution is -1.88. The predicted octanol–water partition coefficient (Wildman–Crippen LogP) is 5.60. The maximum absolute atomic E-state index is 4.92. The van der Waals surface area contributed by atoms with Crippen LogP contribution in [0.2, 0.25) is 0 Å². The van der Waals surface area contributed by atoms with E-state index in [2.05, 4.69) is 55.0 Å². The van der Waals surface area contributed by atoms with Crippen molar-refractivity contribution in [3.05, 3.63) is 71.3 Å². The van der Waals surface area contributed by atoms with Gasteiger partial charge >= 0.3 is 0 Å². The summed E-state index contributed by atoms with van der Waals surface area (Å²) in [5.74, 6) is 0.735. The van der Waals surface area contributed by atoms with Crippen LogP contribution in [-0.4, -0.2) is 30.1 Å². The smallest absolute Gasteiger partial charge is 0.159 e. The molecule has 30 heavy (non-hydrogen) atoms. The van der Waals surface area contributed by atoms with E-state index in [4.69, 9.17) is 4.98 Å². The van der Waals surface area contributed by atoms with Gasteiger partial charge in [-0.3, -0.25) is 15.1 Å². The summed E-state index contributed by atoms with van der Waals surface area (Å²) in [7, 11) is 0. The molecule has 2 N–H and O–H groups in total. The van der Waals surface area contributed by atoms with Crippen LogP contribution in [0.15, 0.2) is 65.7 Å². The molecule has 0 bridgehead atoms. The minimum Gasteiger partial charge on any atom is -0.337 e. The zero-order valence-corrected chi connectivity index (χ0v) is 16.9. The Morgan fingerprint density at radius 1 is 1.00 bits per heavy atom. The van der Waals surface area contributed by atoms with E-state index in [1.807, 2.05) is 36.7 Å². The number of nitrogens with zero attached hydrogens (tertiary/aromatic N) is 4. The predicted molar refractivity (Wildman–Crippen MR) is 120 cm³/mol. The topological polar surface area (TPSA) is 83.1 Å². The molecule has 6 nitrogen and oxygen atoms in total. The first-order valence-electron chi connectivity index (χ1n) is 9.55. The lowest BCUT2D eigenvalue weighted by Gasteiger charge is -2.04. The van der Waals surface area contributed by atoms with Gasteiger partial charge in [-0.2, -0.15) is 16.4 Å². The van der Waals surface area contributed by atoms with Gasteiger partial charge < -0.3 is 4.98 Å². The molecule has 0 atom stereocenters. The Kier molecular flexibility index (Phi) is 3.75. The molecule has 0 saturated heterocycles. The van der Waals surface area contributed by atoms with Gasteiger partial charge in [-0.15, -0.1) is 0 Å². The van der Waals surface area contributed by atoms with Crippen LogP contribution in [0, 0.1) is 6.92 Å². The van der Waals surface area contributed by atoms with Gasteiger partial charge in [-0.05, 0) is 53.1 Å². The number of thiophene rings is 1. The minimum absolute atomic E-state index is 0.735. The molecule has 6 rings (SSSR count). The molecule has 5 aromatic heterocycles. The Hall–Kier alpha value is -3.84. The van der Waals surface area contributed by atoms with Crippen LogP contribution in [0.5, 0.6) is 0 Å². The second-order valence-electron chi connectivity index (χ2n) is 7.18. The van der Waals surface area contributed by atoms with E-state index in [0.29, 0.717) is 0 Å². The molecule has 6 aromatic rings. The molecule has 1 aromatic carbocycles. The SMILES string of the molecule is Cc1ccncc1-c1cc2c(-c3nc4c(-c5ccsc5)cccc4[nH]3)n[nH]c2cn1. The number of hydrogen-bond acceptors (Lipinski definition) is 5. The van der Waals surface area contributed by atoms with Crippen molar-refractivity contribution in [1.82, 2.24) is 30.1 Å². The second-order valence-corrected chi connectivity index (χ2v) is 7.96. The zero-order chi connectivity index (χ0) is 20.1. The fraction of sp³-hybridized carbons (Fsp3) is 0.0435. The molecule has 0 radical (unpaired) electrons. The van der Waals surface area contributed by atoms with Crippen LogP contribution in [0.25, 0.3) is 55.8 Å². The molecule has 0 spiro atoms. The highest BCUT2D eigenvalue weighted by Gasteiger charge is 2.16. The number of aryl methyl sites for hydroxylation is 1. The zero-order valence-electron chi connectivity index (χ0n) is 16.0. The Morgan fingerprint density at radius 2 is 1.97 bits per heavy atom. The van der Waals surface area contributed by atoms with Gasteiger partial charge in [0.05, 0.1) is 28.4 Å². The average molecular weight is 408 g/mol. The third-order valence-corrected chi connectivity index (χ3v) is 6.01. The van der Waals surface area contributed by atoms with Crippen molar-refractivity contribution in [2.24, 2.45) is 0 Å². The summed E-state index contributed by atoms with van der Waals surface area (Å²) >= 11 is 1.68. The minimum atomic E-state index is 0.735. The van der Waals surface area contributed by atoms with E-state index in [0.717, 1.165) is 55.8 Å². The molecule has 144 valence electrons. The number of H-pyrrole nitrogens is 2. The van der Waals surface area contributed by atoms with Gasteiger partial charge in [0.1, 0.15) is 5.69 Å². The summed E-state index contributed by atoms with van der Waals surface area (Å²) in [6.45, 7) is 2.06. The van der Waals surface area contributed by atoms with Crippen LogP contribution < -0.4 is 0 Å². The lowest BCUT2D eigenvalue weighted by molar-refractivity contribution is 1.10. The third-order valence-electron chi connectivity index (χ3n) is 5.33. The van der Waals surface area contributed by atoms with Gasteiger partial charge in [0, 0.05) is 28.9 Å². The van der Waals surface area contributed by atoms with Crippen LogP contribution in [-0.2, 0) is 0 Å². The first kappa shape index (κ1) is 17.1. The van der Waals surface area contributed by atoms with Crippen molar-refractivity contribution in [2.45, 2.75) is 6.92 Å². The molecule has 0 amide bonds. The average Bonchev–Trinajstić information content (AvgIpc) is 3.51. The molecule has 5 heterocycles. The third kappa shape index (κ3) is 2.63. The standard InChI is InChI=1S/C23H16N6S/c1-13-5-7-24-10-17(13)19-9-16-20(11-25-19)28-29-22(16)23-26-18-4-2-3-15(21(18)27-23)14-6-8-30-12-14/h2-12H,1H3,(H,26,27)(H,28,29). The van der Waals surface area contributed by atoms with E-state index in [-0.39, 0.29) is 0 Å². The Morgan fingerprint density at radius 3 is 2.83 bits per heavy atom. The van der Waals surface area contributed by atoms with E-state index in [1.54, 1.807) is 17.5 Å². The number of hydrogen-bond donors (Lipinski definition) is 2. The van der Waals surface area contributed by atoms with E-state index >= 15 is 0 Å². The number of benzene rings is 1. The molecule has 0 fully saturated rings. The Balaban J connectivity index is 1.53. The van der Waals surface area contributed by atoms with E-state index in [9.17, 15) is 0 Å². The molecular formula is C23H16N6S. The van der Waals surface area contributed by atoms with Crippen molar-refractivity contribution in [1.29, 1.82) is 0 Å². The summed E-state index contributed by atoms with van der Waals surface area (Å²) in [4.78, 5) is 17.2. The van der Waals surface area contributed by atoms with Crippen molar-refractivity contribution >= 4 is 33.3 Å². The fourth-order valence-corrected chi connectivity index (χ4v) is 4.43. The van der Waals surface area contributed by atoms with Gasteiger partial charge in [-0.1, -0.05) is 12.1 Å². The molecule has 0 aliphatic heterocycles. The van der Waals surface area contributed by atoms with Crippen LogP contribution in [0.1, 0.15) is 5.56 Å². The van der Waals surface area contributed by atoms with Gasteiger partial charge in [-0.25, -0.2) is 4.98 Å². The number of para-hydroxylation sites is 1. The Labute approximate surface area is 175 Å². The number of aromatic nitrogens is 6. The van der Waals surface area contributed by atoms with Crippen LogP contribution >= 0.6 is 11.3 Å². The summed E-state index contributed by atoms with van der Waals surface area (Å²) in [5, 5.41) is 12.8. The first-order valence-corrected chi connectivity index (χ1v) is 10.5. The van der Waals surface area contributed by atoms with Gasteiger partial charge in [0.25, 0.3) is 0 Å². The molecule has 0 aliphatic rings. The highest BCUT2D eigenvalue weighted by atomic mass is 32.1. The summed E-state index contributed by atoms with van der Waals surface area (Å²) in [6.07, 6.45) is 5.45. The summed E-state index contributed by atoms with van der Waals surface area (Å²) in [5.41, 5.74) is 8.88. The van der Waals surface area contributed by atoms with Crippen LogP contribution in [0.4, 0.5) is 0 Å². The maximum atomic E-state index is 4.92. The normalized spacial score (nSPS) is 11.5. The summed E-state index contributed by atoms with van der Waals surface area (Å²) < 4.78 is 0. The monoisotopic (exact) mass is 408 g/mol. The van der Waals surface area contributed by atoms with Crippen LogP contribution in [0.3, 0.4) is 0 Å². The van der Waals surface area contributed by atoms with Crippen molar-refractivity contribution in [3.8, 4) is 33.9 Å². The highest BCUT2D eigenvalue weighted by molar-refractivity contribution is 7.08. The number of nitrogens with one attached hydrogen (secondary N) is 2. The Bertz CT molecular complexity index is 1510. The molecule has 7 heteroatoms. The fourth-order valence-electron chi connectivity index (χ4n) is 3.77. The van der Waals surface area contributed by atoms with Gasteiger partial charge in [0.2, 0.25) is 0 Å². The molecule has 0 unspecified atom stereocenters. The molecule has 0 saturated carbocycles. The van der Waals surface area contributed by atoms with Crippen molar-refractivity contribution in [3.63, 3.8) is 0 Å². The van der Waals surface area contributed by atoms with E-state index in [1.165, 1.54) is 5.56 Å². The number of pyridine rings is 2. The number of fused-ring (bicyclic) bond motifs is 2. The van der Waals surface area contributed by atoms with Crippen molar-refractivity contribution in [2.75, 3.05) is 0 Å². The second kappa shape index (κ2) is 6.60. The highest BCUT2D eigenvalue weighted by Crippen LogP contribution is 2.33. The number of aromatic amines is 2. The van der Waals surface area contributed by atoms with Crippen molar-refractivity contribution < 1.29 is 0 Å². The van der Waals surface area contributed by atoms with E-state index < -0.39 is 0 Å². The number of imidazole rings is 1. The molecular weight excluding hydrogens is 392 g/mol. The summed E-state index contributed by atoms with van der Waals surface area (Å²) in [6, 6.07) is 12.3. The first-order chi connectivity index (χ1) is 14.8. The maximum Gasteiger partial charge on any atom is 0.159 e.